The quantitative estimate of drug-likeness (QED) is 0.0976. The van der Waals surface area contributed by atoms with Crippen LogP contribution >= 0.6 is 0 Å². The summed E-state index contributed by atoms with van der Waals surface area (Å²) in [5.41, 5.74) is 6.07. The molecule has 0 spiro atoms. The molecule has 0 aliphatic heterocycles. The highest BCUT2D eigenvalue weighted by Crippen LogP contribution is 2.27. The molecule has 0 saturated heterocycles. The summed E-state index contributed by atoms with van der Waals surface area (Å²) in [6.45, 7) is 11.2. The van der Waals surface area contributed by atoms with E-state index in [1.165, 1.54) is 25.7 Å². The number of carbonyl (C=O) groups excluding carboxylic acids is 2. The number of aryl methyl sites for hydroxylation is 1. The Morgan fingerprint density at radius 3 is 2.12 bits per heavy atom. The number of benzene rings is 3. The number of nitrogens with one attached hydrogen (secondary N) is 2. The van der Waals surface area contributed by atoms with Crippen molar-refractivity contribution in [3.8, 4) is 28.3 Å². The van der Waals surface area contributed by atoms with Crippen molar-refractivity contribution in [3.05, 3.63) is 101 Å². The van der Waals surface area contributed by atoms with Crippen LogP contribution in [0.2, 0.25) is 0 Å². The SMILES string of the molecule is CCCCCCCOc1ccc(-c2cnc(-c3ccc(CC(NC(=O)c4ccc(C(C)(C)C)cc4)C(=O)NCCC(=O)O)cc3)nc2)cc1C. The molecule has 0 radical (unpaired) electrons. The van der Waals surface area contributed by atoms with Crippen LogP contribution in [-0.2, 0) is 21.4 Å². The second kappa shape index (κ2) is 18.1. The first-order valence-electron chi connectivity index (χ1n) is 17.5. The predicted octanol–water partition coefficient (Wildman–Crippen LogP) is 7.70. The number of carboxylic acid groups (broad SMARTS) is 1. The summed E-state index contributed by atoms with van der Waals surface area (Å²) in [7, 11) is 0. The van der Waals surface area contributed by atoms with Crippen molar-refractivity contribution in [2.75, 3.05) is 13.2 Å². The summed E-state index contributed by atoms with van der Waals surface area (Å²) in [6, 6.07) is 20.1. The average Bonchev–Trinajstić information content (AvgIpc) is 3.10. The van der Waals surface area contributed by atoms with Gasteiger partial charge >= 0.3 is 5.97 Å². The molecule has 4 aromatic rings. The van der Waals surface area contributed by atoms with E-state index >= 15 is 0 Å². The topological polar surface area (TPSA) is 131 Å². The Hall–Kier alpha value is -5.05. The minimum Gasteiger partial charge on any atom is -0.493 e. The fraction of sp³-hybridized carbons (Fsp3) is 0.390. The summed E-state index contributed by atoms with van der Waals surface area (Å²) < 4.78 is 6.01. The summed E-state index contributed by atoms with van der Waals surface area (Å²) in [5, 5.41) is 14.5. The van der Waals surface area contributed by atoms with Crippen molar-refractivity contribution in [1.29, 1.82) is 0 Å². The van der Waals surface area contributed by atoms with E-state index in [4.69, 9.17) is 9.84 Å². The van der Waals surface area contributed by atoms with Crippen LogP contribution in [0.1, 0.15) is 93.3 Å². The summed E-state index contributed by atoms with van der Waals surface area (Å²) in [4.78, 5) is 46.5. The standard InChI is InChI=1S/C41H50N4O5/c1-6-7-8-9-10-23-50-36-20-17-32(24-28(36)2)33-26-43-38(44-27-33)30-13-11-29(12-14-30)25-35(40(49)42-22-21-37(46)47)45-39(48)31-15-18-34(19-16-31)41(3,4)5/h11-20,24,26-27,35H,6-10,21-23,25H2,1-5H3,(H,42,49)(H,45,48)(H,46,47). The highest BCUT2D eigenvalue weighted by atomic mass is 16.5. The number of carboxylic acids is 1. The molecule has 3 N–H and O–H groups in total. The molecule has 0 fully saturated rings. The van der Waals surface area contributed by atoms with E-state index in [1.807, 2.05) is 55.5 Å². The monoisotopic (exact) mass is 678 g/mol. The summed E-state index contributed by atoms with van der Waals surface area (Å²) in [5.74, 6) is -0.390. The molecule has 0 saturated carbocycles. The largest absolute Gasteiger partial charge is 0.493 e. The summed E-state index contributed by atoms with van der Waals surface area (Å²) in [6.07, 6.45) is 9.62. The highest BCUT2D eigenvalue weighted by Gasteiger charge is 2.23. The number of amides is 2. The lowest BCUT2D eigenvalue weighted by atomic mass is 9.86. The van der Waals surface area contributed by atoms with Gasteiger partial charge in [-0.1, -0.05) is 95.8 Å². The van der Waals surface area contributed by atoms with Gasteiger partial charge in [-0.15, -0.1) is 0 Å². The average molecular weight is 679 g/mol. The van der Waals surface area contributed by atoms with Crippen LogP contribution in [0.4, 0.5) is 0 Å². The minimum absolute atomic E-state index is 0.0379. The zero-order valence-corrected chi connectivity index (χ0v) is 29.9. The number of rotatable bonds is 17. The smallest absolute Gasteiger partial charge is 0.305 e. The van der Waals surface area contributed by atoms with Crippen molar-refractivity contribution in [1.82, 2.24) is 20.6 Å². The molecule has 3 aromatic carbocycles. The molecule has 1 atom stereocenters. The zero-order valence-electron chi connectivity index (χ0n) is 29.9. The number of aliphatic carboxylic acids is 1. The van der Waals surface area contributed by atoms with Gasteiger partial charge in [0.1, 0.15) is 11.8 Å². The molecule has 0 bridgehead atoms. The number of nitrogens with zero attached hydrogens (tertiary/aromatic N) is 2. The van der Waals surface area contributed by atoms with Crippen LogP contribution in [0, 0.1) is 6.92 Å². The molecule has 0 aliphatic rings. The number of carbonyl (C=O) groups is 3. The van der Waals surface area contributed by atoms with Gasteiger partial charge in [-0.05, 0) is 65.3 Å². The van der Waals surface area contributed by atoms with Crippen LogP contribution in [0.15, 0.2) is 79.1 Å². The van der Waals surface area contributed by atoms with E-state index in [9.17, 15) is 14.4 Å². The van der Waals surface area contributed by atoms with Crippen molar-refractivity contribution < 1.29 is 24.2 Å². The number of hydrogen-bond donors (Lipinski definition) is 3. The molecule has 1 unspecified atom stereocenters. The first-order valence-corrected chi connectivity index (χ1v) is 17.5. The van der Waals surface area contributed by atoms with Crippen LogP contribution in [0.3, 0.4) is 0 Å². The Morgan fingerprint density at radius 1 is 0.840 bits per heavy atom. The maximum atomic E-state index is 13.2. The number of hydrogen-bond acceptors (Lipinski definition) is 6. The fourth-order valence-corrected chi connectivity index (χ4v) is 5.52. The third-order valence-electron chi connectivity index (χ3n) is 8.59. The molecule has 2 amide bonds. The normalized spacial score (nSPS) is 11.9. The molecule has 4 rings (SSSR count). The van der Waals surface area contributed by atoms with Crippen LogP contribution in [0.5, 0.6) is 5.75 Å². The van der Waals surface area contributed by atoms with Gasteiger partial charge in [0.25, 0.3) is 5.91 Å². The fourth-order valence-electron chi connectivity index (χ4n) is 5.52. The van der Waals surface area contributed by atoms with Crippen molar-refractivity contribution in [2.24, 2.45) is 0 Å². The molecular formula is C41H50N4O5. The van der Waals surface area contributed by atoms with E-state index in [0.29, 0.717) is 11.4 Å². The van der Waals surface area contributed by atoms with E-state index < -0.39 is 17.9 Å². The van der Waals surface area contributed by atoms with Crippen molar-refractivity contribution >= 4 is 17.8 Å². The number of aromatic nitrogens is 2. The molecule has 264 valence electrons. The van der Waals surface area contributed by atoms with Crippen LogP contribution in [-0.4, -0.2) is 52.1 Å². The molecular weight excluding hydrogens is 628 g/mol. The molecule has 1 heterocycles. The van der Waals surface area contributed by atoms with Crippen molar-refractivity contribution in [2.45, 2.75) is 91.0 Å². The number of ether oxygens (including phenoxy) is 1. The van der Waals surface area contributed by atoms with E-state index in [2.05, 4.69) is 54.4 Å². The van der Waals surface area contributed by atoms with E-state index in [0.717, 1.165) is 52.2 Å². The summed E-state index contributed by atoms with van der Waals surface area (Å²) >= 11 is 0. The predicted molar refractivity (Wildman–Crippen MR) is 197 cm³/mol. The molecule has 1 aromatic heterocycles. The van der Waals surface area contributed by atoms with E-state index in [1.54, 1.807) is 24.5 Å². The van der Waals surface area contributed by atoms with Gasteiger partial charge in [-0.2, -0.15) is 0 Å². The lowest BCUT2D eigenvalue weighted by Crippen LogP contribution is -2.48. The Balaban J connectivity index is 1.40. The zero-order chi connectivity index (χ0) is 36.1. The lowest BCUT2D eigenvalue weighted by molar-refractivity contribution is -0.137. The van der Waals surface area contributed by atoms with Gasteiger partial charge in [0.05, 0.1) is 13.0 Å². The first-order chi connectivity index (χ1) is 23.9. The van der Waals surface area contributed by atoms with Gasteiger partial charge in [0.15, 0.2) is 5.82 Å². The Bertz CT molecular complexity index is 1710. The van der Waals surface area contributed by atoms with Crippen LogP contribution in [0.25, 0.3) is 22.5 Å². The first kappa shape index (κ1) is 37.8. The van der Waals surface area contributed by atoms with Gasteiger partial charge in [-0.3, -0.25) is 14.4 Å². The third kappa shape index (κ3) is 11.3. The second-order valence-electron chi connectivity index (χ2n) is 13.7. The highest BCUT2D eigenvalue weighted by molar-refractivity contribution is 5.97. The van der Waals surface area contributed by atoms with Crippen LogP contribution < -0.4 is 15.4 Å². The second-order valence-corrected chi connectivity index (χ2v) is 13.7. The molecule has 9 heteroatoms. The number of unbranched alkanes of at least 4 members (excludes halogenated alkanes) is 4. The maximum absolute atomic E-state index is 13.2. The third-order valence-corrected chi connectivity index (χ3v) is 8.59. The molecule has 50 heavy (non-hydrogen) atoms. The van der Waals surface area contributed by atoms with Crippen molar-refractivity contribution in [3.63, 3.8) is 0 Å². The van der Waals surface area contributed by atoms with Gasteiger partial charge in [-0.25, -0.2) is 9.97 Å². The Morgan fingerprint density at radius 2 is 1.50 bits per heavy atom. The lowest BCUT2D eigenvalue weighted by Gasteiger charge is -2.20. The van der Waals surface area contributed by atoms with Gasteiger partial charge < -0.3 is 20.5 Å². The van der Waals surface area contributed by atoms with E-state index in [-0.39, 0.29) is 30.7 Å². The Labute approximate surface area is 295 Å². The van der Waals surface area contributed by atoms with Gasteiger partial charge in [0.2, 0.25) is 5.91 Å². The van der Waals surface area contributed by atoms with Gasteiger partial charge in [0, 0.05) is 42.0 Å². The molecule has 0 aliphatic carbocycles. The minimum atomic E-state index is -1.02. The Kier molecular flexibility index (Phi) is 13.7. The molecule has 9 nitrogen and oxygen atoms in total. The maximum Gasteiger partial charge on any atom is 0.305 e.